The van der Waals surface area contributed by atoms with E-state index in [-0.39, 0.29) is 80.2 Å². The van der Waals surface area contributed by atoms with Crippen molar-refractivity contribution in [2.45, 2.75) is 491 Å². The van der Waals surface area contributed by atoms with Crippen molar-refractivity contribution in [3.8, 4) is 11.5 Å². The molecule has 3 nitrogen and oxygen atoms in total. The summed E-state index contributed by atoms with van der Waals surface area (Å²) in [7, 11) is 0. The molecule has 0 bridgehead atoms. The lowest BCUT2D eigenvalue weighted by atomic mass is 9.70. The third-order valence-electron chi connectivity index (χ3n) is 32.7. The normalized spacial score (nSPS) is 31.9. The monoisotopic (exact) mass is 1580 g/mol. The summed E-state index contributed by atoms with van der Waals surface area (Å²) in [4.78, 5) is 13.2. The predicted octanol–water partition coefficient (Wildman–Crippen LogP) is 35.9. The lowest BCUT2D eigenvalue weighted by Crippen LogP contribution is -2.23. The number of carbonyl (C=O) groups excluding carboxylic acids is 1. The quantitative estimate of drug-likeness (QED) is 0.0596. The van der Waals surface area contributed by atoms with E-state index in [1.165, 1.54) is 358 Å². The molecule has 2 aromatic carbocycles. The minimum absolute atomic E-state index is 0. The zero-order valence-electron chi connectivity index (χ0n) is 68.9. The van der Waals surface area contributed by atoms with Crippen LogP contribution in [0.25, 0.3) is 0 Å². The molecule has 10 aliphatic rings. The highest BCUT2D eigenvalue weighted by Crippen LogP contribution is 2.48. The van der Waals surface area contributed by atoms with Gasteiger partial charge in [-0.15, -0.1) is 0 Å². The van der Waals surface area contributed by atoms with Gasteiger partial charge in [0.15, 0.2) is 5.05 Å². The van der Waals surface area contributed by atoms with Gasteiger partial charge in [0.2, 0.25) is 0 Å². The molecule has 0 radical (unpaired) electrons. The molecular formula is C108H200O3S. The molecule has 0 aromatic heterocycles. The smallest absolute Gasteiger partial charge is 0.311 e. The van der Waals surface area contributed by atoms with Crippen LogP contribution in [0.4, 0.5) is 0 Å². The van der Waals surface area contributed by atoms with Crippen LogP contribution in [-0.4, -0.2) is 11.0 Å². The molecule has 2 aromatic rings. The summed E-state index contributed by atoms with van der Waals surface area (Å²) in [6.07, 6.45) is 73.9. The molecule has 0 spiro atoms. The maximum Gasteiger partial charge on any atom is 0.311 e. The second-order valence-electron chi connectivity index (χ2n) is 40.3. The van der Waals surface area contributed by atoms with Crippen molar-refractivity contribution in [2.75, 3.05) is 0 Å². The summed E-state index contributed by atoms with van der Waals surface area (Å²) >= 11 is 5.92. The molecule has 4 heteroatoms. The van der Waals surface area contributed by atoms with E-state index in [0.29, 0.717) is 12.3 Å². The van der Waals surface area contributed by atoms with Crippen LogP contribution < -0.4 is 9.47 Å². The van der Waals surface area contributed by atoms with Crippen LogP contribution in [0.3, 0.4) is 0 Å². The number of ether oxygens (including phenoxy) is 2. The van der Waals surface area contributed by atoms with E-state index in [4.69, 9.17) is 21.7 Å². The number of hydrogen-bond donors (Lipinski definition) is 0. The fourth-order valence-corrected chi connectivity index (χ4v) is 24.7. The van der Waals surface area contributed by atoms with E-state index in [2.05, 4.69) is 83.1 Å². The Morgan fingerprint density at radius 2 is 0.411 bits per heavy atom. The van der Waals surface area contributed by atoms with E-state index < -0.39 is 0 Å². The summed E-state index contributed by atoms with van der Waals surface area (Å²) in [5.41, 5.74) is 13.8. The molecule has 10 saturated carbocycles. The first-order valence-electron chi connectivity index (χ1n) is 45.8. The Hall–Kier alpha value is -2.20. The van der Waals surface area contributed by atoms with Crippen molar-refractivity contribution in [3.63, 3.8) is 0 Å². The number of rotatable bonds is 24. The van der Waals surface area contributed by atoms with Gasteiger partial charge in [-0.2, -0.15) is 0 Å². The Kier molecular flexibility index (Phi) is 51.5. The van der Waals surface area contributed by atoms with Crippen LogP contribution in [0.2, 0.25) is 0 Å². The first kappa shape index (κ1) is 108. The van der Waals surface area contributed by atoms with Crippen LogP contribution >= 0.6 is 12.2 Å². The molecule has 12 rings (SSSR count). The topological polar surface area (TPSA) is 35.5 Å². The Bertz CT molecular complexity index is 2580. The second kappa shape index (κ2) is 53.5. The average molecular weight is 1580 g/mol. The number of benzene rings is 2. The van der Waals surface area contributed by atoms with Crippen LogP contribution in [-0.2, 0) is 17.6 Å². The number of thiocarbonyl (C=S) groups is 1. The van der Waals surface area contributed by atoms with Gasteiger partial charge >= 0.3 is 5.97 Å². The van der Waals surface area contributed by atoms with E-state index in [1.54, 1.807) is 12.0 Å². The lowest BCUT2D eigenvalue weighted by molar-refractivity contribution is -0.134. The van der Waals surface area contributed by atoms with Crippen LogP contribution in [0.1, 0.15) is 479 Å². The third kappa shape index (κ3) is 32.1. The number of hydrogen-bond acceptors (Lipinski definition) is 4. The van der Waals surface area contributed by atoms with E-state index in [0.717, 1.165) is 142 Å². The van der Waals surface area contributed by atoms with Gasteiger partial charge in [-0.3, -0.25) is 4.79 Å². The highest BCUT2D eigenvalue weighted by Gasteiger charge is 2.35. The maximum absolute atomic E-state index is 13.2. The van der Waals surface area contributed by atoms with E-state index in [9.17, 15) is 4.79 Å². The predicted molar refractivity (Wildman–Crippen MR) is 508 cm³/mol. The Morgan fingerprint density at radius 3 is 0.625 bits per heavy atom. The SMILES string of the molecule is C.C.C.C.C.C.C.C.C.C.Cc1c(C)c(OC(=O)CCC2CCC(CC3CCC(CC4CCC(C)CC4)CC3)CC2)c(C)c(C)c1CC1CCC(CC2CCC(C)CC2)CC1.Cc1c(C)c(OC(=S)CCC2CCC(CC3CCC(CC4CCC(C)CC4)CC3)CC2)c(C)c(C)c1CC1CCC(CC2CCC(C)CC2)CC1. The summed E-state index contributed by atoms with van der Waals surface area (Å²) in [6, 6.07) is 0. The molecule has 0 aliphatic heterocycles. The van der Waals surface area contributed by atoms with Crippen molar-refractivity contribution in [3.05, 3.63) is 55.6 Å². The average Bonchev–Trinajstić information content (AvgIpc) is 0.788. The summed E-state index contributed by atoms with van der Waals surface area (Å²) in [6.45, 7) is 28.0. The minimum Gasteiger partial charge on any atom is -0.450 e. The summed E-state index contributed by atoms with van der Waals surface area (Å²) < 4.78 is 12.8. The Labute approximate surface area is 709 Å². The molecule has 0 heterocycles. The Balaban J connectivity index is 0.00000103. The zero-order chi connectivity index (χ0) is 71.8. The molecule has 0 saturated heterocycles. The minimum atomic E-state index is -0.0138. The van der Waals surface area contributed by atoms with Gasteiger partial charge < -0.3 is 9.47 Å². The lowest BCUT2D eigenvalue weighted by Gasteiger charge is -2.36. The summed E-state index contributed by atoms with van der Waals surface area (Å²) in [5, 5.41) is 0.820. The standard InChI is InChI=1S/C49H80O2.C49H80OS.10CH4/c1-33-7-11-40(12-8-33)29-43-19-21-44(22-20-43)31-42-17-15-39(16-18-42)27-28-48(50)51-49-37(5)35(3)47(36(4)38(49)6)32-46-25-23-45(24-26-46)30-41-13-9-34(2)10-14-41;1-33-7-11-40(12-8-33)29-43-19-21-44(22-20-43)31-42-17-15-39(16-18-42)27-28-48(51)50-49-37(5)35(3)47(36(4)38(49)6)32-46-25-23-45(24-26-46)30-41-13-9-34(2)10-14-41;;;;;;;;;;/h2*33-34,39-46H,7-32H2,1-6H3;10*1H4. The first-order valence-corrected chi connectivity index (χ1v) is 46.2. The van der Waals surface area contributed by atoms with Gasteiger partial charge in [0.1, 0.15) is 11.5 Å². The van der Waals surface area contributed by atoms with Crippen LogP contribution in [0, 0.1) is 174 Å². The van der Waals surface area contributed by atoms with Crippen molar-refractivity contribution in [2.24, 2.45) is 118 Å². The van der Waals surface area contributed by atoms with Gasteiger partial charge in [0.25, 0.3) is 0 Å². The second-order valence-corrected chi connectivity index (χ2v) is 40.7. The van der Waals surface area contributed by atoms with E-state index in [1.807, 2.05) is 0 Å². The molecule has 0 amide bonds. The van der Waals surface area contributed by atoms with Gasteiger partial charge in [-0.1, -0.05) is 333 Å². The van der Waals surface area contributed by atoms with Gasteiger partial charge in [0.05, 0.1) is 0 Å². The largest absolute Gasteiger partial charge is 0.450 e. The highest BCUT2D eigenvalue weighted by molar-refractivity contribution is 7.80. The molecule has 656 valence electrons. The molecule has 10 aliphatic carbocycles. The van der Waals surface area contributed by atoms with Gasteiger partial charge in [-0.25, -0.2) is 0 Å². The summed E-state index contributed by atoms with van der Waals surface area (Å²) in [5.74, 6) is 21.1. The fraction of sp³-hybridized carbons (Fsp3) is 0.870. The molecule has 0 N–H and O–H groups in total. The van der Waals surface area contributed by atoms with Gasteiger partial charge in [0, 0.05) is 12.8 Å². The van der Waals surface area contributed by atoms with Crippen LogP contribution in [0.5, 0.6) is 11.5 Å². The maximum atomic E-state index is 13.2. The van der Waals surface area contributed by atoms with Crippen LogP contribution in [0.15, 0.2) is 0 Å². The van der Waals surface area contributed by atoms with Crippen molar-refractivity contribution in [1.29, 1.82) is 0 Å². The van der Waals surface area contributed by atoms with Crippen molar-refractivity contribution < 1.29 is 14.3 Å². The van der Waals surface area contributed by atoms with Crippen molar-refractivity contribution >= 4 is 23.2 Å². The zero-order valence-corrected chi connectivity index (χ0v) is 69.8. The van der Waals surface area contributed by atoms with Gasteiger partial charge in [-0.05, 0) is 331 Å². The fourth-order valence-electron chi connectivity index (χ4n) is 24.5. The highest BCUT2D eigenvalue weighted by atomic mass is 32.1. The number of carbonyl (C=O) groups is 1. The Morgan fingerprint density at radius 1 is 0.241 bits per heavy atom. The first-order chi connectivity index (χ1) is 49.2. The van der Waals surface area contributed by atoms with Crippen molar-refractivity contribution in [1.82, 2.24) is 0 Å². The molecule has 112 heavy (non-hydrogen) atoms. The third-order valence-corrected chi connectivity index (χ3v) is 33.0. The molecule has 10 fully saturated rings. The molecule has 0 atom stereocenters. The number of esters is 1. The molecular weight excluding hydrogens is 1380 g/mol. The van der Waals surface area contributed by atoms with E-state index >= 15 is 0 Å². The molecule has 0 unspecified atom stereocenters.